The lowest BCUT2D eigenvalue weighted by atomic mass is 10.2. The fourth-order valence-corrected chi connectivity index (χ4v) is 1.49. The van der Waals surface area contributed by atoms with Gasteiger partial charge in [-0.05, 0) is 24.3 Å². The third-order valence-electron chi connectivity index (χ3n) is 2.36. The SMILES string of the molecule is O=C(O)N(Cc1cc(F)ccc1F)c1ncccn1. The van der Waals surface area contributed by atoms with Gasteiger partial charge in [0, 0.05) is 18.0 Å². The Bertz CT molecular complexity index is 593. The molecule has 0 aliphatic carbocycles. The standard InChI is InChI=1S/C12H9F2N3O2/c13-9-2-3-10(14)8(6-9)7-17(12(18)19)11-15-4-1-5-16-11/h1-6H,7H2,(H,18,19). The number of aromatic nitrogens is 2. The van der Waals surface area contributed by atoms with Crippen LogP contribution in [0.25, 0.3) is 0 Å². The quantitative estimate of drug-likeness (QED) is 0.925. The Hall–Kier alpha value is -2.57. The van der Waals surface area contributed by atoms with Crippen LogP contribution in [0.1, 0.15) is 5.56 Å². The molecule has 1 amide bonds. The molecule has 19 heavy (non-hydrogen) atoms. The molecule has 0 spiro atoms. The number of hydrogen-bond acceptors (Lipinski definition) is 3. The van der Waals surface area contributed by atoms with Gasteiger partial charge in [-0.15, -0.1) is 0 Å². The summed E-state index contributed by atoms with van der Waals surface area (Å²) in [5.74, 6) is -1.43. The molecule has 2 aromatic rings. The van der Waals surface area contributed by atoms with Gasteiger partial charge in [-0.25, -0.2) is 28.4 Å². The van der Waals surface area contributed by atoms with Crippen LogP contribution in [-0.2, 0) is 6.54 Å². The minimum absolute atomic E-state index is 0.0881. The molecule has 7 heteroatoms. The van der Waals surface area contributed by atoms with E-state index in [9.17, 15) is 13.6 Å². The normalized spacial score (nSPS) is 10.2. The first-order chi connectivity index (χ1) is 9.08. The minimum atomic E-state index is -1.35. The van der Waals surface area contributed by atoms with Crippen molar-refractivity contribution in [2.75, 3.05) is 4.90 Å². The Labute approximate surface area is 107 Å². The van der Waals surface area contributed by atoms with Crippen molar-refractivity contribution < 1.29 is 18.7 Å². The molecule has 1 aromatic heterocycles. The minimum Gasteiger partial charge on any atom is -0.465 e. The lowest BCUT2D eigenvalue weighted by Crippen LogP contribution is -2.30. The topological polar surface area (TPSA) is 66.3 Å². The van der Waals surface area contributed by atoms with Gasteiger partial charge >= 0.3 is 6.09 Å². The van der Waals surface area contributed by atoms with E-state index in [2.05, 4.69) is 9.97 Å². The van der Waals surface area contributed by atoms with E-state index in [1.807, 2.05) is 0 Å². The summed E-state index contributed by atoms with van der Waals surface area (Å²) < 4.78 is 26.5. The number of carboxylic acid groups (broad SMARTS) is 1. The van der Waals surface area contributed by atoms with Gasteiger partial charge in [0.25, 0.3) is 0 Å². The number of hydrogen-bond donors (Lipinski definition) is 1. The fraction of sp³-hybridized carbons (Fsp3) is 0.0833. The Morgan fingerprint density at radius 3 is 2.58 bits per heavy atom. The van der Waals surface area contributed by atoms with Crippen LogP contribution in [0.15, 0.2) is 36.7 Å². The average molecular weight is 265 g/mol. The van der Waals surface area contributed by atoms with E-state index in [1.165, 1.54) is 18.5 Å². The Balaban J connectivity index is 2.32. The molecule has 98 valence electrons. The second-order valence-corrected chi connectivity index (χ2v) is 3.65. The van der Waals surface area contributed by atoms with Crippen molar-refractivity contribution >= 4 is 12.0 Å². The van der Waals surface area contributed by atoms with E-state index in [0.717, 1.165) is 23.1 Å². The van der Waals surface area contributed by atoms with Crippen LogP contribution in [0.5, 0.6) is 0 Å². The molecule has 1 aromatic carbocycles. The molecule has 1 N–H and O–H groups in total. The summed E-state index contributed by atoms with van der Waals surface area (Å²) in [4.78, 5) is 19.4. The predicted octanol–water partition coefficient (Wildman–Crippen LogP) is 2.44. The van der Waals surface area contributed by atoms with Gasteiger partial charge in [-0.3, -0.25) is 0 Å². The van der Waals surface area contributed by atoms with Crippen LogP contribution in [-0.4, -0.2) is 21.2 Å². The summed E-state index contributed by atoms with van der Waals surface area (Å²) in [5.41, 5.74) is -0.0881. The summed E-state index contributed by atoms with van der Waals surface area (Å²) in [7, 11) is 0. The third kappa shape index (κ3) is 3.01. The molecule has 0 aliphatic heterocycles. The maximum absolute atomic E-state index is 13.5. The van der Waals surface area contributed by atoms with E-state index in [1.54, 1.807) is 0 Å². The van der Waals surface area contributed by atoms with Crippen molar-refractivity contribution in [2.45, 2.75) is 6.54 Å². The largest absolute Gasteiger partial charge is 0.465 e. The summed E-state index contributed by atoms with van der Waals surface area (Å²) >= 11 is 0. The lowest BCUT2D eigenvalue weighted by molar-refractivity contribution is 0.201. The van der Waals surface area contributed by atoms with Gasteiger partial charge in [-0.2, -0.15) is 0 Å². The molecule has 0 bridgehead atoms. The van der Waals surface area contributed by atoms with Gasteiger partial charge in [0.2, 0.25) is 5.95 Å². The number of nitrogens with zero attached hydrogens (tertiary/aromatic N) is 3. The number of carbonyl (C=O) groups is 1. The van der Waals surface area contributed by atoms with Crippen LogP contribution in [0.4, 0.5) is 19.5 Å². The predicted molar refractivity (Wildman–Crippen MR) is 62.6 cm³/mol. The fourth-order valence-electron chi connectivity index (χ4n) is 1.49. The van der Waals surface area contributed by atoms with E-state index in [0.29, 0.717) is 0 Å². The Morgan fingerprint density at radius 1 is 1.26 bits per heavy atom. The molecule has 5 nitrogen and oxygen atoms in total. The number of benzene rings is 1. The molecule has 2 rings (SSSR count). The highest BCUT2D eigenvalue weighted by Gasteiger charge is 2.19. The monoisotopic (exact) mass is 265 g/mol. The smallest absolute Gasteiger partial charge is 0.414 e. The average Bonchev–Trinajstić information content (AvgIpc) is 2.40. The molecular formula is C12H9F2N3O2. The van der Waals surface area contributed by atoms with Crippen molar-refractivity contribution in [2.24, 2.45) is 0 Å². The highest BCUT2D eigenvalue weighted by molar-refractivity contribution is 5.83. The maximum atomic E-state index is 13.5. The third-order valence-corrected chi connectivity index (χ3v) is 2.36. The highest BCUT2D eigenvalue weighted by atomic mass is 19.1. The van der Waals surface area contributed by atoms with Crippen molar-refractivity contribution in [3.63, 3.8) is 0 Å². The molecule has 0 aliphatic rings. The van der Waals surface area contributed by atoms with Gasteiger partial charge in [0.05, 0.1) is 6.54 Å². The second kappa shape index (κ2) is 5.38. The number of anilines is 1. The number of halogens is 2. The van der Waals surface area contributed by atoms with Crippen LogP contribution in [0, 0.1) is 11.6 Å². The number of amides is 1. The van der Waals surface area contributed by atoms with Gasteiger partial charge < -0.3 is 5.11 Å². The molecule has 0 saturated carbocycles. The van der Waals surface area contributed by atoms with E-state index in [4.69, 9.17) is 5.11 Å². The number of rotatable bonds is 3. The molecule has 1 heterocycles. The van der Waals surface area contributed by atoms with Crippen LogP contribution in [0.2, 0.25) is 0 Å². The van der Waals surface area contributed by atoms with Crippen molar-refractivity contribution in [3.8, 4) is 0 Å². The first-order valence-corrected chi connectivity index (χ1v) is 5.29. The maximum Gasteiger partial charge on any atom is 0.414 e. The van der Waals surface area contributed by atoms with Gasteiger partial charge in [-0.1, -0.05) is 0 Å². The molecule has 0 fully saturated rings. The van der Waals surface area contributed by atoms with Crippen molar-refractivity contribution in [3.05, 3.63) is 53.9 Å². The van der Waals surface area contributed by atoms with Crippen molar-refractivity contribution in [1.29, 1.82) is 0 Å². The van der Waals surface area contributed by atoms with E-state index < -0.39 is 17.7 Å². The van der Waals surface area contributed by atoms with E-state index in [-0.39, 0.29) is 18.1 Å². The zero-order chi connectivity index (χ0) is 13.8. The summed E-state index contributed by atoms with van der Waals surface area (Å²) in [6, 6.07) is 4.36. The first-order valence-electron chi connectivity index (χ1n) is 5.29. The molecule has 0 radical (unpaired) electrons. The van der Waals surface area contributed by atoms with Crippen LogP contribution < -0.4 is 4.90 Å². The van der Waals surface area contributed by atoms with Crippen LogP contribution >= 0.6 is 0 Å². The molecular weight excluding hydrogens is 256 g/mol. The summed E-state index contributed by atoms with van der Waals surface area (Å²) in [6.07, 6.45) is 1.37. The van der Waals surface area contributed by atoms with Gasteiger partial charge in [0.15, 0.2) is 0 Å². The van der Waals surface area contributed by atoms with Crippen LogP contribution in [0.3, 0.4) is 0 Å². The lowest BCUT2D eigenvalue weighted by Gasteiger charge is -2.17. The molecule has 0 saturated heterocycles. The first kappa shape index (κ1) is 12.9. The summed E-state index contributed by atoms with van der Waals surface area (Å²) in [5, 5.41) is 9.08. The Morgan fingerprint density at radius 2 is 1.95 bits per heavy atom. The van der Waals surface area contributed by atoms with Crippen molar-refractivity contribution in [1.82, 2.24) is 9.97 Å². The van der Waals surface area contributed by atoms with Gasteiger partial charge in [0.1, 0.15) is 11.6 Å². The molecule has 0 atom stereocenters. The van der Waals surface area contributed by atoms with E-state index >= 15 is 0 Å². The molecule has 0 unspecified atom stereocenters. The highest BCUT2D eigenvalue weighted by Crippen LogP contribution is 2.15. The Kier molecular flexibility index (Phi) is 3.65. The summed E-state index contributed by atoms with van der Waals surface area (Å²) in [6.45, 7) is -0.372. The second-order valence-electron chi connectivity index (χ2n) is 3.65. The zero-order valence-electron chi connectivity index (χ0n) is 9.62. The zero-order valence-corrected chi connectivity index (χ0v) is 9.62.